The van der Waals surface area contributed by atoms with Crippen LogP contribution in [0.1, 0.15) is 35.8 Å². The Labute approximate surface area is 225 Å². The van der Waals surface area contributed by atoms with Crippen LogP contribution in [0.2, 0.25) is 0 Å². The number of benzene rings is 1. The van der Waals surface area contributed by atoms with Crippen LogP contribution in [0.4, 0.5) is 24.7 Å². The standard InChI is InChI=1S/C29H30F3N7/c1-36(2)24-11-12-37(18-24)22-6-4-21(33-15-22)5-7-23-16-34-28-9-10-29(35-39(23)28)38-17-20(31)14-27(38)25-13-19(30)3-8-26(25)32/h3-10,13,15-16,20,24,27H,11-12,14,17-18H2,1-2H3/b7-5+/t20-,24?,27+/m0/s1. The van der Waals surface area contributed by atoms with Gasteiger partial charge in [-0.3, -0.25) is 4.98 Å². The summed E-state index contributed by atoms with van der Waals surface area (Å²) in [6, 6.07) is 10.8. The minimum Gasteiger partial charge on any atom is -0.369 e. The number of imidazole rings is 1. The quantitative estimate of drug-likeness (QED) is 0.348. The van der Waals surface area contributed by atoms with Crippen molar-refractivity contribution < 1.29 is 13.2 Å². The molecule has 7 nitrogen and oxygen atoms in total. The van der Waals surface area contributed by atoms with Crippen LogP contribution in [-0.4, -0.2) is 70.4 Å². The average molecular weight is 534 g/mol. The lowest BCUT2D eigenvalue weighted by Gasteiger charge is -2.26. The maximum atomic E-state index is 14.6. The third kappa shape index (κ3) is 5.08. The van der Waals surface area contributed by atoms with E-state index in [-0.39, 0.29) is 18.5 Å². The molecule has 0 bridgehead atoms. The summed E-state index contributed by atoms with van der Waals surface area (Å²) in [5, 5.41) is 4.69. The summed E-state index contributed by atoms with van der Waals surface area (Å²) in [7, 11) is 4.23. The Morgan fingerprint density at radius 1 is 0.974 bits per heavy atom. The molecule has 10 heteroatoms. The van der Waals surface area contributed by atoms with Gasteiger partial charge in [0.1, 0.15) is 23.6 Å². The van der Waals surface area contributed by atoms with E-state index in [0.717, 1.165) is 54.8 Å². The van der Waals surface area contributed by atoms with E-state index in [1.54, 1.807) is 27.7 Å². The van der Waals surface area contributed by atoms with Crippen LogP contribution in [0.25, 0.3) is 17.8 Å². The van der Waals surface area contributed by atoms with E-state index >= 15 is 0 Å². The second-order valence-electron chi connectivity index (χ2n) is 10.4. The number of alkyl halides is 1. The van der Waals surface area contributed by atoms with Crippen molar-refractivity contribution in [3.05, 3.63) is 83.4 Å². The molecule has 0 amide bonds. The van der Waals surface area contributed by atoms with Crippen LogP contribution in [0.5, 0.6) is 0 Å². The molecule has 2 aliphatic heterocycles. The van der Waals surface area contributed by atoms with E-state index in [1.807, 2.05) is 24.4 Å². The molecule has 3 aromatic heterocycles. The number of aromatic nitrogens is 4. The van der Waals surface area contributed by atoms with Gasteiger partial charge in [0, 0.05) is 31.1 Å². The number of rotatable bonds is 6. The van der Waals surface area contributed by atoms with Crippen molar-refractivity contribution in [2.24, 2.45) is 0 Å². The number of nitrogens with zero attached hydrogens (tertiary/aromatic N) is 7. The van der Waals surface area contributed by atoms with E-state index in [0.29, 0.717) is 17.5 Å². The predicted octanol–water partition coefficient (Wildman–Crippen LogP) is 5.00. The first-order valence-corrected chi connectivity index (χ1v) is 13.1. The zero-order valence-electron chi connectivity index (χ0n) is 21.9. The third-order valence-electron chi connectivity index (χ3n) is 7.69. The lowest BCUT2D eigenvalue weighted by Crippen LogP contribution is -2.31. The lowest BCUT2D eigenvalue weighted by molar-refractivity contribution is 0.315. The highest BCUT2D eigenvalue weighted by Gasteiger charge is 2.36. The SMILES string of the molecule is CN(C)C1CCN(c2ccc(/C=C/c3cnc4ccc(N5C[C@@H](F)C[C@@H]5c5cc(F)ccc5F)nn34)nc2)C1. The Morgan fingerprint density at radius 3 is 2.62 bits per heavy atom. The minimum absolute atomic E-state index is 0.0432. The molecule has 0 aliphatic carbocycles. The molecule has 4 aromatic rings. The molecule has 2 fully saturated rings. The molecule has 0 radical (unpaired) electrons. The zero-order chi connectivity index (χ0) is 27.1. The maximum Gasteiger partial charge on any atom is 0.154 e. The molecule has 202 valence electrons. The molecule has 5 heterocycles. The topological polar surface area (TPSA) is 52.8 Å². The van der Waals surface area contributed by atoms with E-state index in [1.165, 1.54) is 0 Å². The fourth-order valence-electron chi connectivity index (χ4n) is 5.50. The zero-order valence-corrected chi connectivity index (χ0v) is 21.9. The first-order chi connectivity index (χ1) is 18.9. The van der Waals surface area contributed by atoms with Gasteiger partial charge in [0.2, 0.25) is 0 Å². The Kier molecular flexibility index (Phi) is 6.72. The largest absolute Gasteiger partial charge is 0.369 e. The van der Waals surface area contributed by atoms with E-state index in [2.05, 4.69) is 39.9 Å². The molecule has 2 saturated heterocycles. The van der Waals surface area contributed by atoms with Gasteiger partial charge in [-0.15, -0.1) is 5.10 Å². The van der Waals surface area contributed by atoms with Crippen molar-refractivity contribution in [3.63, 3.8) is 0 Å². The van der Waals surface area contributed by atoms with Crippen molar-refractivity contribution in [2.75, 3.05) is 43.5 Å². The first-order valence-electron chi connectivity index (χ1n) is 13.1. The second kappa shape index (κ2) is 10.3. The van der Waals surface area contributed by atoms with Gasteiger partial charge in [-0.25, -0.2) is 22.7 Å². The minimum atomic E-state index is -1.18. The molecule has 0 spiro atoms. The summed E-state index contributed by atoms with van der Waals surface area (Å²) in [5.41, 5.74) is 3.38. The molecular formula is C29H30F3N7. The summed E-state index contributed by atoms with van der Waals surface area (Å²) in [5.74, 6) is -0.652. The van der Waals surface area contributed by atoms with Crippen LogP contribution in [0.15, 0.2) is 54.9 Å². The average Bonchev–Trinajstić information content (AvgIpc) is 3.67. The fourth-order valence-corrected chi connectivity index (χ4v) is 5.50. The van der Waals surface area contributed by atoms with Gasteiger partial charge in [0.25, 0.3) is 0 Å². The van der Waals surface area contributed by atoms with Crippen LogP contribution >= 0.6 is 0 Å². The summed E-state index contributed by atoms with van der Waals surface area (Å²) >= 11 is 0. The molecular weight excluding hydrogens is 503 g/mol. The van der Waals surface area contributed by atoms with Gasteiger partial charge in [-0.2, -0.15) is 0 Å². The van der Waals surface area contributed by atoms with Gasteiger partial charge >= 0.3 is 0 Å². The summed E-state index contributed by atoms with van der Waals surface area (Å²) in [6.07, 6.45) is 7.39. The van der Waals surface area contributed by atoms with Crippen LogP contribution in [0, 0.1) is 11.6 Å². The van der Waals surface area contributed by atoms with Crippen LogP contribution in [0.3, 0.4) is 0 Å². The maximum absolute atomic E-state index is 14.6. The highest BCUT2D eigenvalue weighted by Crippen LogP contribution is 2.38. The highest BCUT2D eigenvalue weighted by atomic mass is 19.1. The predicted molar refractivity (Wildman–Crippen MR) is 146 cm³/mol. The van der Waals surface area contributed by atoms with Gasteiger partial charge < -0.3 is 14.7 Å². The normalized spacial score (nSPS) is 21.7. The lowest BCUT2D eigenvalue weighted by atomic mass is 10.0. The third-order valence-corrected chi connectivity index (χ3v) is 7.69. The molecule has 3 atom stereocenters. The van der Waals surface area contributed by atoms with Crippen LogP contribution < -0.4 is 9.80 Å². The van der Waals surface area contributed by atoms with Gasteiger partial charge in [-0.1, -0.05) is 0 Å². The number of likely N-dealkylation sites (N-methyl/N-ethyl adjacent to an activating group) is 1. The van der Waals surface area contributed by atoms with E-state index in [4.69, 9.17) is 5.10 Å². The highest BCUT2D eigenvalue weighted by molar-refractivity contribution is 5.68. The molecule has 1 unspecified atom stereocenters. The Balaban J connectivity index is 1.23. The van der Waals surface area contributed by atoms with Crippen molar-refractivity contribution in [3.8, 4) is 0 Å². The molecule has 0 N–H and O–H groups in total. The van der Waals surface area contributed by atoms with Gasteiger partial charge in [0.15, 0.2) is 5.65 Å². The van der Waals surface area contributed by atoms with Gasteiger partial charge in [-0.05, 0) is 75.1 Å². The molecule has 2 aliphatic rings. The smallest absolute Gasteiger partial charge is 0.154 e. The van der Waals surface area contributed by atoms with E-state index < -0.39 is 23.8 Å². The number of hydrogen-bond acceptors (Lipinski definition) is 6. The van der Waals surface area contributed by atoms with Crippen molar-refractivity contribution >= 4 is 29.3 Å². The summed E-state index contributed by atoms with van der Waals surface area (Å²) in [6.45, 7) is 2.05. The van der Waals surface area contributed by atoms with Gasteiger partial charge in [0.05, 0.1) is 42.1 Å². The van der Waals surface area contributed by atoms with E-state index in [9.17, 15) is 13.2 Å². The Bertz CT molecular complexity index is 1500. The molecule has 6 rings (SSSR count). The van der Waals surface area contributed by atoms with Crippen molar-refractivity contribution in [1.82, 2.24) is 24.5 Å². The number of anilines is 2. The number of fused-ring (bicyclic) bond motifs is 1. The summed E-state index contributed by atoms with van der Waals surface area (Å²) in [4.78, 5) is 15.3. The number of hydrogen-bond donors (Lipinski definition) is 0. The summed E-state index contributed by atoms with van der Waals surface area (Å²) < 4.78 is 44.6. The monoisotopic (exact) mass is 533 g/mol. The van der Waals surface area contributed by atoms with Crippen molar-refractivity contribution in [1.29, 1.82) is 0 Å². The van der Waals surface area contributed by atoms with Crippen LogP contribution in [-0.2, 0) is 0 Å². The second-order valence-corrected chi connectivity index (χ2v) is 10.4. The number of halogens is 3. The first kappa shape index (κ1) is 25.4. The fraction of sp³-hybridized carbons (Fsp3) is 0.345. The molecule has 39 heavy (non-hydrogen) atoms. The van der Waals surface area contributed by atoms with Crippen molar-refractivity contribution in [2.45, 2.75) is 31.1 Å². The Morgan fingerprint density at radius 2 is 1.85 bits per heavy atom. The molecule has 0 saturated carbocycles. The Hall–Kier alpha value is -3.92. The number of pyridine rings is 1. The molecule has 1 aromatic carbocycles.